The van der Waals surface area contributed by atoms with Crippen molar-refractivity contribution in [3.8, 4) is 5.75 Å². The van der Waals surface area contributed by atoms with Crippen molar-refractivity contribution in [2.24, 2.45) is 0 Å². The maximum absolute atomic E-state index is 12.6. The Morgan fingerprint density at radius 1 is 1.16 bits per heavy atom. The first-order chi connectivity index (χ1) is 15.5. The van der Waals surface area contributed by atoms with Crippen molar-refractivity contribution in [2.45, 2.75) is 39.0 Å². The molecular formula is C24H26N4O3S. The third kappa shape index (κ3) is 5.50. The average molecular weight is 451 g/mol. The van der Waals surface area contributed by atoms with Gasteiger partial charge in [-0.25, -0.2) is 0 Å². The van der Waals surface area contributed by atoms with Gasteiger partial charge in [-0.05, 0) is 55.7 Å². The summed E-state index contributed by atoms with van der Waals surface area (Å²) >= 11 is 1.34. The number of nitrogens with one attached hydrogen (secondary N) is 1. The molecule has 2 heterocycles. The molecule has 32 heavy (non-hydrogen) atoms. The van der Waals surface area contributed by atoms with Crippen LogP contribution in [0.5, 0.6) is 5.75 Å². The van der Waals surface area contributed by atoms with E-state index in [0.29, 0.717) is 37.5 Å². The summed E-state index contributed by atoms with van der Waals surface area (Å²) < 4.78 is 5.61. The summed E-state index contributed by atoms with van der Waals surface area (Å²) in [6.07, 6.45) is 1.34. The highest BCUT2D eigenvalue weighted by molar-refractivity contribution is 7.15. The predicted octanol–water partition coefficient (Wildman–Crippen LogP) is 4.47. The van der Waals surface area contributed by atoms with Crippen molar-refractivity contribution in [3.63, 3.8) is 0 Å². The molecule has 2 aromatic carbocycles. The molecule has 1 aliphatic heterocycles. The molecule has 0 unspecified atom stereocenters. The van der Waals surface area contributed by atoms with Gasteiger partial charge in [-0.2, -0.15) is 0 Å². The fraction of sp³-hybridized carbons (Fsp3) is 0.333. The molecule has 0 saturated carbocycles. The SMILES string of the molecule is Cc1cc(C)cc(N2C[C@@H](c3nnc(NC(=O)CCCOc4ccccc4)s3)CC2=O)c1. The van der Waals surface area contributed by atoms with Crippen LogP contribution in [0.25, 0.3) is 0 Å². The van der Waals surface area contributed by atoms with Crippen LogP contribution in [0, 0.1) is 13.8 Å². The minimum atomic E-state index is -0.122. The first kappa shape index (κ1) is 22.0. The summed E-state index contributed by atoms with van der Waals surface area (Å²) in [4.78, 5) is 26.6. The number of aromatic nitrogens is 2. The van der Waals surface area contributed by atoms with Gasteiger partial charge in [0.15, 0.2) is 0 Å². The van der Waals surface area contributed by atoms with Gasteiger partial charge in [0.2, 0.25) is 16.9 Å². The number of nitrogens with zero attached hydrogens (tertiary/aromatic N) is 3. The number of para-hydroxylation sites is 1. The lowest BCUT2D eigenvalue weighted by atomic mass is 10.1. The topological polar surface area (TPSA) is 84.4 Å². The second-order valence-corrected chi connectivity index (χ2v) is 9.02. The number of amides is 2. The van der Waals surface area contributed by atoms with Crippen molar-refractivity contribution < 1.29 is 14.3 Å². The molecule has 3 aromatic rings. The summed E-state index contributed by atoms with van der Waals surface area (Å²) in [5.41, 5.74) is 3.18. The van der Waals surface area contributed by atoms with Gasteiger partial charge in [0, 0.05) is 31.0 Å². The van der Waals surface area contributed by atoms with Crippen molar-refractivity contribution in [1.82, 2.24) is 10.2 Å². The maximum atomic E-state index is 12.6. The van der Waals surface area contributed by atoms with Gasteiger partial charge >= 0.3 is 0 Å². The normalized spacial score (nSPS) is 15.8. The van der Waals surface area contributed by atoms with Gasteiger partial charge in [-0.1, -0.05) is 35.6 Å². The monoisotopic (exact) mass is 450 g/mol. The number of carbonyl (C=O) groups excluding carboxylic acids is 2. The van der Waals surface area contributed by atoms with Crippen LogP contribution in [0.3, 0.4) is 0 Å². The predicted molar refractivity (Wildman–Crippen MR) is 125 cm³/mol. The van der Waals surface area contributed by atoms with Crippen molar-refractivity contribution >= 4 is 34.0 Å². The zero-order valence-corrected chi connectivity index (χ0v) is 19.0. The zero-order chi connectivity index (χ0) is 22.5. The van der Waals surface area contributed by atoms with Crippen LogP contribution in [0.4, 0.5) is 10.8 Å². The second kappa shape index (κ2) is 9.91. The first-order valence-electron chi connectivity index (χ1n) is 10.7. The quantitative estimate of drug-likeness (QED) is 0.512. The van der Waals surface area contributed by atoms with Crippen LogP contribution < -0.4 is 15.0 Å². The summed E-state index contributed by atoms with van der Waals surface area (Å²) in [7, 11) is 0. The number of hydrogen-bond donors (Lipinski definition) is 1. The summed E-state index contributed by atoms with van der Waals surface area (Å²) in [5, 5.41) is 12.4. The summed E-state index contributed by atoms with van der Waals surface area (Å²) in [5.74, 6) is 0.733. The molecule has 0 aliphatic carbocycles. The molecule has 0 spiro atoms. The standard InChI is InChI=1S/C24H26N4O3S/c1-16-11-17(2)13-19(12-16)28-15-18(14-22(28)30)23-26-27-24(32-23)25-21(29)9-6-10-31-20-7-4-3-5-8-20/h3-5,7-8,11-13,18H,6,9-10,14-15H2,1-2H3,(H,25,27,29)/t18-/m0/s1. The minimum Gasteiger partial charge on any atom is -0.494 e. The van der Waals surface area contributed by atoms with E-state index in [4.69, 9.17) is 4.74 Å². The molecule has 2 amide bonds. The molecule has 7 nitrogen and oxygen atoms in total. The van der Waals surface area contributed by atoms with E-state index in [9.17, 15) is 9.59 Å². The van der Waals surface area contributed by atoms with E-state index >= 15 is 0 Å². The largest absolute Gasteiger partial charge is 0.494 e. The van der Waals surface area contributed by atoms with Crippen LogP contribution in [-0.2, 0) is 9.59 Å². The fourth-order valence-electron chi connectivity index (χ4n) is 3.80. The van der Waals surface area contributed by atoms with Gasteiger partial charge in [0.05, 0.1) is 6.61 Å². The lowest BCUT2D eigenvalue weighted by Gasteiger charge is -2.17. The summed E-state index contributed by atoms with van der Waals surface area (Å²) in [6.45, 7) is 5.10. The number of anilines is 2. The van der Waals surface area contributed by atoms with E-state index < -0.39 is 0 Å². The fourth-order valence-corrected chi connectivity index (χ4v) is 4.65. The smallest absolute Gasteiger partial charge is 0.227 e. The Labute approximate surface area is 191 Å². The lowest BCUT2D eigenvalue weighted by molar-refractivity contribution is -0.117. The van der Waals surface area contributed by atoms with Gasteiger partial charge < -0.3 is 15.0 Å². The van der Waals surface area contributed by atoms with Crippen LogP contribution in [0.15, 0.2) is 48.5 Å². The zero-order valence-electron chi connectivity index (χ0n) is 18.2. The van der Waals surface area contributed by atoms with Crippen molar-refractivity contribution in [1.29, 1.82) is 0 Å². The Morgan fingerprint density at radius 2 is 1.91 bits per heavy atom. The van der Waals surface area contributed by atoms with Gasteiger partial charge in [0.1, 0.15) is 10.8 Å². The molecule has 0 radical (unpaired) electrons. The Balaban J connectivity index is 1.28. The average Bonchev–Trinajstić information content (AvgIpc) is 3.38. The molecule has 1 saturated heterocycles. The molecule has 8 heteroatoms. The Morgan fingerprint density at radius 3 is 2.66 bits per heavy atom. The highest BCUT2D eigenvalue weighted by atomic mass is 32.1. The molecule has 1 fully saturated rings. The third-order valence-electron chi connectivity index (χ3n) is 5.24. The Kier molecular flexibility index (Phi) is 6.80. The minimum absolute atomic E-state index is 0.0225. The molecule has 1 aromatic heterocycles. The van der Waals surface area contributed by atoms with Gasteiger partial charge in [-0.15, -0.1) is 10.2 Å². The van der Waals surface area contributed by atoms with Gasteiger partial charge in [0.25, 0.3) is 0 Å². The van der Waals surface area contributed by atoms with Crippen LogP contribution in [0.1, 0.15) is 41.3 Å². The van der Waals surface area contributed by atoms with E-state index in [0.717, 1.165) is 27.6 Å². The van der Waals surface area contributed by atoms with Crippen LogP contribution in [0.2, 0.25) is 0 Å². The number of benzene rings is 2. The molecule has 4 rings (SSSR count). The number of carbonyl (C=O) groups is 2. The third-order valence-corrected chi connectivity index (χ3v) is 6.24. The number of hydrogen-bond acceptors (Lipinski definition) is 6. The van der Waals surface area contributed by atoms with Gasteiger partial charge in [-0.3, -0.25) is 9.59 Å². The second-order valence-electron chi connectivity index (χ2n) is 8.01. The van der Waals surface area contributed by atoms with E-state index in [1.54, 1.807) is 0 Å². The molecule has 1 atom stereocenters. The van der Waals surface area contributed by atoms with E-state index in [1.807, 2.05) is 61.2 Å². The highest BCUT2D eigenvalue weighted by Crippen LogP contribution is 2.34. The molecule has 1 N–H and O–H groups in total. The number of ether oxygens (including phenoxy) is 1. The maximum Gasteiger partial charge on any atom is 0.227 e. The molecule has 1 aliphatic rings. The Hall–Kier alpha value is -3.26. The Bertz CT molecular complexity index is 1080. The number of aryl methyl sites for hydroxylation is 2. The molecular weight excluding hydrogens is 424 g/mol. The summed E-state index contributed by atoms with van der Waals surface area (Å²) in [6, 6.07) is 15.7. The van der Waals surface area contributed by atoms with E-state index in [2.05, 4.69) is 21.6 Å². The van der Waals surface area contributed by atoms with Crippen LogP contribution >= 0.6 is 11.3 Å². The molecule has 0 bridgehead atoms. The highest BCUT2D eigenvalue weighted by Gasteiger charge is 2.34. The lowest BCUT2D eigenvalue weighted by Crippen LogP contribution is -2.24. The first-order valence-corrected chi connectivity index (χ1v) is 11.5. The number of rotatable bonds is 8. The van der Waals surface area contributed by atoms with Crippen molar-refractivity contribution in [2.75, 3.05) is 23.4 Å². The molecule has 166 valence electrons. The van der Waals surface area contributed by atoms with Crippen LogP contribution in [-0.4, -0.2) is 35.2 Å². The van der Waals surface area contributed by atoms with E-state index in [1.165, 1.54) is 11.3 Å². The van der Waals surface area contributed by atoms with Crippen molar-refractivity contribution in [3.05, 3.63) is 64.7 Å². The van der Waals surface area contributed by atoms with E-state index in [-0.39, 0.29) is 17.7 Å².